The van der Waals surface area contributed by atoms with Crippen LogP contribution in [0.15, 0.2) is 53.6 Å². The summed E-state index contributed by atoms with van der Waals surface area (Å²) < 4.78 is 0. The predicted molar refractivity (Wildman–Crippen MR) is 84.9 cm³/mol. The van der Waals surface area contributed by atoms with Crippen LogP contribution >= 0.6 is 11.6 Å². The van der Waals surface area contributed by atoms with E-state index < -0.39 is 0 Å². The number of nitrogens with zero attached hydrogens (tertiary/aromatic N) is 2. The van der Waals surface area contributed by atoms with Crippen molar-refractivity contribution in [3.63, 3.8) is 0 Å². The number of carbonyl (C=O) groups is 1. The van der Waals surface area contributed by atoms with E-state index in [4.69, 9.17) is 11.6 Å². The number of hydrazone groups is 1. The second kappa shape index (κ2) is 5.58. The maximum absolute atomic E-state index is 12.7. The van der Waals surface area contributed by atoms with Gasteiger partial charge in [-0.3, -0.25) is 10.2 Å². The van der Waals surface area contributed by atoms with E-state index in [9.17, 15) is 4.79 Å². The molecule has 0 radical (unpaired) electrons. The first-order chi connectivity index (χ1) is 10.2. The maximum Gasteiger partial charge on any atom is 0.195 e. The Kier molecular flexibility index (Phi) is 3.62. The Labute approximate surface area is 128 Å². The van der Waals surface area contributed by atoms with Crippen molar-refractivity contribution < 1.29 is 4.79 Å². The van der Waals surface area contributed by atoms with Crippen LogP contribution in [0.1, 0.15) is 22.8 Å². The van der Waals surface area contributed by atoms with Crippen LogP contribution in [0.5, 0.6) is 0 Å². The lowest BCUT2D eigenvalue weighted by molar-refractivity contribution is 0.103. The molecule has 106 valence electrons. The molecule has 21 heavy (non-hydrogen) atoms. The van der Waals surface area contributed by atoms with Gasteiger partial charge in [0.2, 0.25) is 0 Å². The Balaban J connectivity index is 2.09. The Morgan fingerprint density at radius 1 is 1.19 bits per heavy atom. The van der Waals surface area contributed by atoms with Gasteiger partial charge in [0.25, 0.3) is 0 Å². The van der Waals surface area contributed by atoms with E-state index in [0.717, 1.165) is 0 Å². The summed E-state index contributed by atoms with van der Waals surface area (Å²) in [6.07, 6.45) is 1.60. The molecule has 2 aromatic carbocycles. The van der Waals surface area contributed by atoms with Gasteiger partial charge in [0, 0.05) is 11.1 Å². The topological polar surface area (TPSA) is 44.7 Å². The van der Waals surface area contributed by atoms with E-state index >= 15 is 0 Å². The minimum Gasteiger partial charge on any atom is -0.307 e. The van der Waals surface area contributed by atoms with Crippen molar-refractivity contribution >= 4 is 29.4 Å². The highest BCUT2D eigenvalue weighted by atomic mass is 35.5. The standard InChI is InChI=1S/C16H14ClN3O/c1-11-19-18-10-20(11)15-13(8-5-9-14(15)17)16(21)12-6-3-2-4-7-12/h2-11,19H,1H3. The van der Waals surface area contributed by atoms with E-state index in [2.05, 4.69) is 10.5 Å². The first kappa shape index (κ1) is 13.6. The highest BCUT2D eigenvalue weighted by Gasteiger charge is 2.25. The number of anilines is 1. The molecule has 1 aliphatic rings. The van der Waals surface area contributed by atoms with Crippen LogP contribution in [0.2, 0.25) is 5.02 Å². The van der Waals surface area contributed by atoms with Gasteiger partial charge in [0.15, 0.2) is 5.78 Å². The number of ketones is 1. The molecule has 3 rings (SSSR count). The molecule has 4 nitrogen and oxygen atoms in total. The van der Waals surface area contributed by atoms with Crippen LogP contribution in [0.4, 0.5) is 5.69 Å². The van der Waals surface area contributed by atoms with Gasteiger partial charge in [-0.15, -0.1) is 0 Å². The number of hydrogen-bond donors (Lipinski definition) is 1. The highest BCUT2D eigenvalue weighted by Crippen LogP contribution is 2.32. The lowest BCUT2D eigenvalue weighted by Gasteiger charge is -2.23. The third-order valence-electron chi connectivity index (χ3n) is 3.39. The number of rotatable bonds is 3. The van der Waals surface area contributed by atoms with Gasteiger partial charge in [-0.05, 0) is 19.1 Å². The summed E-state index contributed by atoms with van der Waals surface area (Å²) >= 11 is 6.32. The van der Waals surface area contributed by atoms with Crippen molar-refractivity contribution in [2.75, 3.05) is 4.90 Å². The minimum atomic E-state index is -0.0550. The molecule has 0 aliphatic carbocycles. The summed E-state index contributed by atoms with van der Waals surface area (Å²) in [6, 6.07) is 14.5. The highest BCUT2D eigenvalue weighted by molar-refractivity contribution is 6.35. The van der Waals surface area contributed by atoms with Crippen molar-refractivity contribution in [1.82, 2.24) is 5.43 Å². The minimum absolute atomic E-state index is 0.0489. The third-order valence-corrected chi connectivity index (χ3v) is 3.69. The third kappa shape index (κ3) is 2.50. The first-order valence-electron chi connectivity index (χ1n) is 6.64. The van der Waals surface area contributed by atoms with Gasteiger partial charge in [0.05, 0.1) is 10.7 Å². The summed E-state index contributed by atoms with van der Waals surface area (Å²) in [5, 5.41) is 4.54. The van der Waals surface area contributed by atoms with Gasteiger partial charge in [-0.25, -0.2) is 0 Å². The second-order valence-corrected chi connectivity index (χ2v) is 5.20. The summed E-state index contributed by atoms with van der Waals surface area (Å²) in [5.74, 6) is -0.0550. The molecule has 1 N–H and O–H groups in total. The SMILES string of the molecule is CC1NN=CN1c1c(Cl)cccc1C(=O)c1ccccc1. The van der Waals surface area contributed by atoms with Crippen molar-refractivity contribution in [3.8, 4) is 0 Å². The zero-order valence-corrected chi connectivity index (χ0v) is 12.2. The molecule has 0 saturated carbocycles. The van der Waals surface area contributed by atoms with E-state index in [1.807, 2.05) is 30.0 Å². The zero-order chi connectivity index (χ0) is 14.8. The van der Waals surface area contributed by atoms with Gasteiger partial charge in [0.1, 0.15) is 12.5 Å². The molecule has 5 heteroatoms. The van der Waals surface area contributed by atoms with E-state index in [1.165, 1.54) is 0 Å². The van der Waals surface area contributed by atoms with Crippen LogP contribution in [0, 0.1) is 0 Å². The number of halogens is 1. The van der Waals surface area contributed by atoms with Crippen molar-refractivity contribution in [2.24, 2.45) is 5.10 Å². The van der Waals surface area contributed by atoms with E-state index in [0.29, 0.717) is 21.8 Å². The summed E-state index contributed by atoms with van der Waals surface area (Å²) in [6.45, 7) is 1.95. The maximum atomic E-state index is 12.7. The molecule has 0 aromatic heterocycles. The van der Waals surface area contributed by atoms with Crippen molar-refractivity contribution in [2.45, 2.75) is 13.1 Å². The summed E-state index contributed by atoms with van der Waals surface area (Å²) in [5.41, 5.74) is 4.80. The van der Waals surface area contributed by atoms with E-state index in [-0.39, 0.29) is 11.9 Å². The number of para-hydroxylation sites is 1. The van der Waals surface area contributed by atoms with Crippen LogP contribution in [0.25, 0.3) is 0 Å². The number of hydrogen-bond acceptors (Lipinski definition) is 4. The fraction of sp³-hybridized carbons (Fsp3) is 0.125. The fourth-order valence-electron chi connectivity index (χ4n) is 2.32. The molecule has 2 aromatic rings. The Morgan fingerprint density at radius 2 is 1.95 bits per heavy atom. The smallest absolute Gasteiger partial charge is 0.195 e. The lowest BCUT2D eigenvalue weighted by atomic mass is 10.0. The van der Waals surface area contributed by atoms with Crippen molar-refractivity contribution in [1.29, 1.82) is 0 Å². The molecule has 0 bridgehead atoms. The molecule has 1 heterocycles. The Morgan fingerprint density at radius 3 is 2.62 bits per heavy atom. The lowest BCUT2D eigenvalue weighted by Crippen LogP contribution is -2.35. The van der Waals surface area contributed by atoms with Crippen molar-refractivity contribution in [3.05, 3.63) is 64.7 Å². The number of carbonyl (C=O) groups excluding carboxylic acids is 1. The van der Waals surface area contributed by atoms with Crippen LogP contribution < -0.4 is 10.3 Å². The molecule has 0 amide bonds. The molecule has 0 fully saturated rings. The quantitative estimate of drug-likeness (QED) is 0.885. The average Bonchev–Trinajstić information content (AvgIpc) is 2.93. The summed E-state index contributed by atoms with van der Waals surface area (Å²) in [7, 11) is 0. The van der Waals surface area contributed by atoms with Gasteiger partial charge >= 0.3 is 0 Å². The van der Waals surface area contributed by atoms with Gasteiger partial charge in [-0.1, -0.05) is 48.0 Å². The second-order valence-electron chi connectivity index (χ2n) is 4.79. The molecular formula is C16H14ClN3O. The Bertz CT molecular complexity index is 700. The summed E-state index contributed by atoms with van der Waals surface area (Å²) in [4.78, 5) is 14.6. The van der Waals surface area contributed by atoms with Gasteiger partial charge < -0.3 is 4.90 Å². The average molecular weight is 300 g/mol. The van der Waals surface area contributed by atoms with Gasteiger partial charge in [-0.2, -0.15) is 5.10 Å². The molecule has 0 saturated heterocycles. The number of benzene rings is 2. The normalized spacial score (nSPS) is 16.9. The molecular weight excluding hydrogens is 286 g/mol. The zero-order valence-electron chi connectivity index (χ0n) is 11.5. The predicted octanol–water partition coefficient (Wildman–Crippen LogP) is 3.27. The largest absolute Gasteiger partial charge is 0.307 e. The molecule has 0 spiro atoms. The first-order valence-corrected chi connectivity index (χ1v) is 7.01. The monoisotopic (exact) mass is 299 g/mol. The van der Waals surface area contributed by atoms with Crippen LogP contribution in [-0.2, 0) is 0 Å². The number of nitrogens with one attached hydrogen (secondary N) is 1. The molecule has 1 aliphatic heterocycles. The van der Waals surface area contributed by atoms with Crippen LogP contribution in [-0.4, -0.2) is 18.3 Å². The molecule has 1 atom stereocenters. The molecule has 1 unspecified atom stereocenters. The Hall–Kier alpha value is -2.33. The fourth-order valence-corrected chi connectivity index (χ4v) is 2.60. The van der Waals surface area contributed by atoms with Crippen LogP contribution in [0.3, 0.4) is 0 Å². The van der Waals surface area contributed by atoms with E-state index in [1.54, 1.807) is 36.7 Å².